The molecule has 0 saturated heterocycles. The van der Waals surface area contributed by atoms with E-state index in [0.717, 1.165) is 0 Å². The molecule has 0 spiro atoms. The first-order valence-corrected chi connectivity index (χ1v) is 4.50. The van der Waals surface area contributed by atoms with Crippen molar-refractivity contribution >= 4 is 5.78 Å². The van der Waals surface area contributed by atoms with Crippen LogP contribution in [0.5, 0.6) is 0 Å². The van der Waals surface area contributed by atoms with Gasteiger partial charge in [0, 0.05) is 19.1 Å². The van der Waals surface area contributed by atoms with Crippen molar-refractivity contribution < 1.29 is 18.3 Å². The quantitative estimate of drug-likeness (QED) is 0.768. The highest BCUT2D eigenvalue weighted by Crippen LogP contribution is 2.17. The number of benzene rings is 1. The molecule has 1 aromatic carbocycles. The Morgan fingerprint density at radius 2 is 1.80 bits per heavy atom. The molecule has 0 atom stereocenters. The third-order valence-corrected chi connectivity index (χ3v) is 1.98. The minimum atomic E-state index is -0.959. The van der Waals surface area contributed by atoms with Gasteiger partial charge in [-0.05, 0) is 12.5 Å². The first-order chi connectivity index (χ1) is 7.06. The van der Waals surface area contributed by atoms with Gasteiger partial charge in [0.1, 0.15) is 5.78 Å². The summed E-state index contributed by atoms with van der Waals surface area (Å²) in [6, 6.07) is 2.84. The molecule has 1 aromatic rings. The molecule has 0 saturated carbocycles. The summed E-state index contributed by atoms with van der Waals surface area (Å²) >= 11 is 0. The van der Waals surface area contributed by atoms with Crippen LogP contribution >= 0.6 is 0 Å². The average Bonchev–Trinajstić information content (AvgIpc) is 2.17. The maximum absolute atomic E-state index is 13.4. The number of rotatable bonds is 4. The summed E-state index contributed by atoms with van der Waals surface area (Å²) in [6.07, 6.45) is -0.0873. The highest BCUT2D eigenvalue weighted by atomic mass is 19.2. The Hall–Kier alpha value is -1.29. The molecule has 0 heterocycles. The topological polar surface area (TPSA) is 26.3 Å². The van der Waals surface area contributed by atoms with E-state index < -0.39 is 11.6 Å². The maximum Gasteiger partial charge on any atom is 0.164 e. The van der Waals surface area contributed by atoms with Crippen molar-refractivity contribution in [3.05, 3.63) is 34.9 Å². The smallest absolute Gasteiger partial charge is 0.164 e. The highest BCUT2D eigenvalue weighted by molar-refractivity contribution is 5.78. The third kappa shape index (κ3) is 2.83. The molecule has 0 aliphatic rings. The lowest BCUT2D eigenvalue weighted by molar-refractivity contribution is -0.116. The molecular weight excluding hydrogens is 202 g/mol. The maximum atomic E-state index is 13.4. The lowest BCUT2D eigenvalue weighted by atomic mass is 10.1. The number of carbonyl (C=O) groups excluding carboxylic acids is 1. The van der Waals surface area contributed by atoms with Crippen molar-refractivity contribution in [2.75, 3.05) is 7.11 Å². The second-order valence-electron chi connectivity index (χ2n) is 3.32. The molecule has 0 fully saturated rings. The monoisotopic (exact) mass is 214 g/mol. The summed E-state index contributed by atoms with van der Waals surface area (Å²) in [5.41, 5.74) is 0.238. The van der Waals surface area contributed by atoms with Gasteiger partial charge in [-0.15, -0.1) is 0 Å². The van der Waals surface area contributed by atoms with Crippen molar-refractivity contribution in [2.24, 2.45) is 0 Å². The van der Waals surface area contributed by atoms with Crippen LogP contribution in [0.1, 0.15) is 18.1 Å². The van der Waals surface area contributed by atoms with Crippen LogP contribution in [0, 0.1) is 11.6 Å². The van der Waals surface area contributed by atoms with Gasteiger partial charge in [-0.1, -0.05) is 12.1 Å². The van der Waals surface area contributed by atoms with E-state index in [9.17, 15) is 13.6 Å². The fourth-order valence-corrected chi connectivity index (χ4v) is 1.30. The first kappa shape index (κ1) is 11.8. The molecule has 0 bridgehead atoms. The van der Waals surface area contributed by atoms with Gasteiger partial charge in [0.25, 0.3) is 0 Å². The summed E-state index contributed by atoms with van der Waals surface area (Å²) in [5.74, 6) is -2.09. The van der Waals surface area contributed by atoms with Crippen molar-refractivity contribution in [2.45, 2.75) is 20.0 Å². The van der Waals surface area contributed by atoms with Gasteiger partial charge in [-0.3, -0.25) is 4.79 Å². The zero-order chi connectivity index (χ0) is 11.4. The fourth-order valence-electron chi connectivity index (χ4n) is 1.30. The summed E-state index contributed by atoms with van der Waals surface area (Å²) in [5, 5.41) is 0. The number of ether oxygens (including phenoxy) is 1. The minimum absolute atomic E-state index is 0.0170. The molecule has 0 aliphatic carbocycles. The molecule has 2 nitrogen and oxygen atoms in total. The largest absolute Gasteiger partial charge is 0.380 e. The Kier molecular flexibility index (Phi) is 3.91. The number of halogens is 2. The molecule has 0 aliphatic heterocycles. The number of hydrogen-bond donors (Lipinski definition) is 0. The zero-order valence-corrected chi connectivity index (χ0v) is 8.64. The van der Waals surface area contributed by atoms with Gasteiger partial charge in [0.05, 0.1) is 6.61 Å². The van der Waals surface area contributed by atoms with E-state index in [0.29, 0.717) is 0 Å². The van der Waals surface area contributed by atoms with Crippen LogP contribution < -0.4 is 0 Å². The number of methoxy groups -OCH3 is 1. The van der Waals surface area contributed by atoms with Crippen LogP contribution in [-0.2, 0) is 22.6 Å². The molecule has 0 unspecified atom stereocenters. The van der Waals surface area contributed by atoms with Gasteiger partial charge in [-0.2, -0.15) is 0 Å². The van der Waals surface area contributed by atoms with Crippen molar-refractivity contribution in [3.8, 4) is 0 Å². The van der Waals surface area contributed by atoms with Gasteiger partial charge < -0.3 is 4.74 Å². The minimum Gasteiger partial charge on any atom is -0.380 e. The van der Waals surface area contributed by atoms with Crippen molar-refractivity contribution in [1.82, 2.24) is 0 Å². The lowest BCUT2D eigenvalue weighted by Crippen LogP contribution is -2.04. The molecule has 0 N–H and O–H groups in total. The summed E-state index contributed by atoms with van der Waals surface area (Å²) in [7, 11) is 1.40. The Morgan fingerprint density at radius 3 is 2.33 bits per heavy atom. The van der Waals surface area contributed by atoms with Crippen LogP contribution in [0.15, 0.2) is 12.1 Å². The van der Waals surface area contributed by atoms with Crippen molar-refractivity contribution in [1.29, 1.82) is 0 Å². The second kappa shape index (κ2) is 4.98. The number of ketones is 1. The summed E-state index contributed by atoms with van der Waals surface area (Å²) < 4.78 is 31.4. The molecular formula is C11H12F2O2. The lowest BCUT2D eigenvalue weighted by Gasteiger charge is -2.06. The van der Waals surface area contributed by atoms with E-state index in [1.807, 2.05) is 0 Å². The average molecular weight is 214 g/mol. The molecule has 15 heavy (non-hydrogen) atoms. The van der Waals surface area contributed by atoms with Crippen LogP contribution in [-0.4, -0.2) is 12.9 Å². The molecule has 82 valence electrons. The zero-order valence-electron chi connectivity index (χ0n) is 8.64. The Morgan fingerprint density at radius 1 is 1.27 bits per heavy atom. The van der Waals surface area contributed by atoms with Crippen molar-refractivity contribution in [3.63, 3.8) is 0 Å². The predicted molar refractivity (Wildman–Crippen MR) is 51.5 cm³/mol. The van der Waals surface area contributed by atoms with E-state index in [-0.39, 0.29) is 29.9 Å². The Labute approximate surface area is 86.9 Å². The highest BCUT2D eigenvalue weighted by Gasteiger charge is 2.13. The number of carbonyl (C=O) groups is 1. The molecule has 1 rings (SSSR count). The molecule has 0 radical (unpaired) electrons. The van der Waals surface area contributed by atoms with Gasteiger partial charge in [-0.25, -0.2) is 8.78 Å². The van der Waals surface area contributed by atoms with Crippen LogP contribution in [0.4, 0.5) is 8.78 Å². The Balaban J connectivity index is 3.03. The van der Waals surface area contributed by atoms with E-state index >= 15 is 0 Å². The molecule has 4 heteroatoms. The first-order valence-electron chi connectivity index (χ1n) is 4.50. The molecule has 0 amide bonds. The van der Waals surface area contributed by atoms with Gasteiger partial charge >= 0.3 is 0 Å². The number of Topliss-reactive ketones (excluding diaryl/α,β-unsaturated/α-hetero) is 1. The van der Waals surface area contributed by atoms with E-state index in [2.05, 4.69) is 0 Å². The third-order valence-electron chi connectivity index (χ3n) is 1.98. The number of hydrogen-bond acceptors (Lipinski definition) is 2. The van der Waals surface area contributed by atoms with Crippen LogP contribution in [0.2, 0.25) is 0 Å². The van der Waals surface area contributed by atoms with E-state index in [4.69, 9.17) is 4.74 Å². The van der Waals surface area contributed by atoms with Crippen LogP contribution in [0.25, 0.3) is 0 Å². The standard InChI is InChI=1S/C11H12F2O2/c1-7(14)5-8-3-4-9(6-15-2)11(13)10(8)12/h3-4H,5-6H2,1-2H3. The van der Waals surface area contributed by atoms with Gasteiger partial charge in [0.2, 0.25) is 0 Å². The van der Waals surface area contributed by atoms with Crippen LogP contribution in [0.3, 0.4) is 0 Å². The Bertz CT molecular complexity index is 375. The predicted octanol–water partition coefficient (Wildman–Crippen LogP) is 2.24. The van der Waals surface area contributed by atoms with E-state index in [1.54, 1.807) is 0 Å². The second-order valence-corrected chi connectivity index (χ2v) is 3.32. The SMILES string of the molecule is COCc1ccc(CC(C)=O)c(F)c1F. The summed E-state index contributed by atoms with van der Waals surface area (Å²) in [4.78, 5) is 10.8. The van der Waals surface area contributed by atoms with Gasteiger partial charge in [0.15, 0.2) is 11.6 Å². The van der Waals surface area contributed by atoms with E-state index in [1.165, 1.54) is 26.2 Å². The normalized spacial score (nSPS) is 10.4. The summed E-state index contributed by atoms with van der Waals surface area (Å²) in [6.45, 7) is 1.35. The molecule has 0 aromatic heterocycles. The fraction of sp³-hybridized carbons (Fsp3) is 0.364.